The molecule has 182 valence electrons. The molecule has 1 amide bonds. The van der Waals surface area contributed by atoms with E-state index in [1.165, 1.54) is 11.4 Å². The molecule has 3 heterocycles. The molecule has 0 radical (unpaired) electrons. The summed E-state index contributed by atoms with van der Waals surface area (Å²) >= 11 is 0. The zero-order valence-electron chi connectivity index (χ0n) is 18.7. The average molecular weight is 485 g/mol. The van der Waals surface area contributed by atoms with Crippen LogP contribution in [0.3, 0.4) is 0 Å². The van der Waals surface area contributed by atoms with Gasteiger partial charge in [0.05, 0.1) is 11.0 Å². The second-order valence-electron chi connectivity index (χ2n) is 8.46. The van der Waals surface area contributed by atoms with Crippen LogP contribution in [0, 0.1) is 0 Å². The molecule has 5 rings (SSSR count). The molecule has 35 heavy (non-hydrogen) atoms. The zero-order valence-corrected chi connectivity index (χ0v) is 18.7. The van der Waals surface area contributed by atoms with Gasteiger partial charge in [-0.15, -0.1) is 18.3 Å². The number of carbonyl (C=O) groups excluding carboxylic acids is 1. The van der Waals surface area contributed by atoms with Crippen LogP contribution in [-0.4, -0.2) is 48.9 Å². The van der Waals surface area contributed by atoms with E-state index in [1.807, 2.05) is 0 Å². The van der Waals surface area contributed by atoms with Crippen LogP contribution in [0.15, 0.2) is 42.9 Å². The van der Waals surface area contributed by atoms with Gasteiger partial charge in [0.2, 0.25) is 11.9 Å². The number of hydrogen-bond acceptors (Lipinski definition) is 7. The first kappa shape index (κ1) is 22.8. The smallest absolute Gasteiger partial charge is 0.385 e. The van der Waals surface area contributed by atoms with Gasteiger partial charge in [0.15, 0.2) is 0 Å². The Labute approximate surface area is 197 Å². The van der Waals surface area contributed by atoms with E-state index >= 15 is 0 Å². The van der Waals surface area contributed by atoms with Gasteiger partial charge in [0.1, 0.15) is 5.52 Å². The largest absolute Gasteiger partial charge is 0.574 e. The Morgan fingerprint density at radius 3 is 2.49 bits per heavy atom. The highest BCUT2D eigenvalue weighted by Gasteiger charge is 2.34. The predicted octanol–water partition coefficient (Wildman–Crippen LogP) is 4.10. The van der Waals surface area contributed by atoms with Crippen LogP contribution in [0.1, 0.15) is 32.6 Å². The molecule has 0 saturated heterocycles. The predicted molar refractivity (Wildman–Crippen MR) is 122 cm³/mol. The summed E-state index contributed by atoms with van der Waals surface area (Å²) in [6.07, 6.45) is 2.70. The number of nitrogens with zero attached hydrogens (tertiary/aromatic N) is 5. The van der Waals surface area contributed by atoms with E-state index < -0.39 is 12.2 Å². The van der Waals surface area contributed by atoms with Gasteiger partial charge in [-0.25, -0.2) is 4.52 Å². The Bertz CT molecular complexity index is 1380. The van der Waals surface area contributed by atoms with E-state index in [0.29, 0.717) is 22.2 Å². The van der Waals surface area contributed by atoms with Gasteiger partial charge in [-0.1, -0.05) is 6.07 Å². The number of ether oxygens (including phenoxy) is 1. The summed E-state index contributed by atoms with van der Waals surface area (Å²) in [4.78, 5) is 23.8. The minimum Gasteiger partial charge on any atom is -0.385 e. The number of anilines is 1. The Hall–Kier alpha value is -3.96. The maximum Gasteiger partial charge on any atom is 0.574 e. The van der Waals surface area contributed by atoms with Crippen molar-refractivity contribution in [1.82, 2.24) is 29.9 Å². The summed E-state index contributed by atoms with van der Waals surface area (Å²) in [7, 11) is 0. The molecule has 0 bridgehead atoms. The van der Waals surface area contributed by atoms with Crippen molar-refractivity contribution in [3.05, 3.63) is 42.9 Å². The van der Waals surface area contributed by atoms with Crippen molar-refractivity contribution in [1.29, 1.82) is 0 Å². The molecule has 1 aromatic carbocycles. The second-order valence-corrected chi connectivity index (χ2v) is 8.46. The van der Waals surface area contributed by atoms with E-state index in [1.54, 1.807) is 42.9 Å². The number of carbonyl (C=O) groups is 1. The number of halogens is 3. The molecular weight excluding hydrogens is 463 g/mol. The molecule has 0 atom stereocenters. The SMILES string of the molecule is CC(=O)N[C@H]1CC[C@@H](Nc2nc(OC(F)(F)F)c3c(-c4ccc5nccnc5c4)ccn3n2)CC1. The topological polar surface area (TPSA) is 106 Å². The second kappa shape index (κ2) is 9.01. The van der Waals surface area contributed by atoms with Gasteiger partial charge in [-0.05, 0) is 49.4 Å². The summed E-state index contributed by atoms with van der Waals surface area (Å²) in [6.45, 7) is 1.48. The fraction of sp³-hybridized carbons (Fsp3) is 0.348. The number of benzene rings is 1. The summed E-state index contributed by atoms with van der Waals surface area (Å²) < 4.78 is 45.5. The van der Waals surface area contributed by atoms with Gasteiger partial charge < -0.3 is 15.4 Å². The van der Waals surface area contributed by atoms with Crippen molar-refractivity contribution in [2.75, 3.05) is 5.32 Å². The molecule has 12 heteroatoms. The molecule has 1 saturated carbocycles. The third-order valence-electron chi connectivity index (χ3n) is 5.94. The maximum atomic E-state index is 13.3. The monoisotopic (exact) mass is 485 g/mol. The van der Waals surface area contributed by atoms with Crippen molar-refractivity contribution >= 4 is 28.4 Å². The van der Waals surface area contributed by atoms with E-state index in [4.69, 9.17) is 0 Å². The molecule has 0 unspecified atom stereocenters. The van der Waals surface area contributed by atoms with Crippen LogP contribution in [0.4, 0.5) is 19.1 Å². The fourth-order valence-corrected chi connectivity index (χ4v) is 4.45. The van der Waals surface area contributed by atoms with Crippen LogP contribution in [0.25, 0.3) is 27.7 Å². The number of aromatic nitrogens is 5. The highest BCUT2D eigenvalue weighted by atomic mass is 19.4. The zero-order chi connectivity index (χ0) is 24.6. The summed E-state index contributed by atoms with van der Waals surface area (Å²) in [5, 5.41) is 10.4. The Morgan fingerprint density at radius 1 is 1.06 bits per heavy atom. The lowest BCUT2D eigenvalue weighted by Crippen LogP contribution is -2.39. The number of fused-ring (bicyclic) bond motifs is 2. The molecular formula is C23H22F3N7O2. The van der Waals surface area contributed by atoms with Crippen LogP contribution in [-0.2, 0) is 4.79 Å². The lowest BCUT2D eigenvalue weighted by atomic mass is 9.91. The van der Waals surface area contributed by atoms with Crippen molar-refractivity contribution < 1.29 is 22.7 Å². The Balaban J connectivity index is 1.47. The van der Waals surface area contributed by atoms with E-state index in [0.717, 1.165) is 25.7 Å². The fourth-order valence-electron chi connectivity index (χ4n) is 4.45. The first-order valence-electron chi connectivity index (χ1n) is 11.1. The molecule has 9 nitrogen and oxygen atoms in total. The van der Waals surface area contributed by atoms with Gasteiger partial charge >= 0.3 is 6.36 Å². The Kier molecular flexibility index (Phi) is 5.87. The van der Waals surface area contributed by atoms with Gasteiger partial charge in [-0.3, -0.25) is 14.8 Å². The quantitative estimate of drug-likeness (QED) is 0.438. The number of amides is 1. The minimum absolute atomic E-state index is 0.0336. The Morgan fingerprint density at radius 2 is 1.77 bits per heavy atom. The van der Waals surface area contributed by atoms with Gasteiger partial charge in [-0.2, -0.15) is 4.98 Å². The molecule has 0 spiro atoms. The number of hydrogen-bond donors (Lipinski definition) is 2. The van der Waals surface area contributed by atoms with Crippen LogP contribution in [0.5, 0.6) is 5.88 Å². The maximum absolute atomic E-state index is 13.3. The highest BCUT2D eigenvalue weighted by molar-refractivity contribution is 5.89. The van der Waals surface area contributed by atoms with Crippen molar-refractivity contribution in [2.24, 2.45) is 0 Å². The first-order chi connectivity index (χ1) is 16.7. The first-order valence-corrected chi connectivity index (χ1v) is 11.1. The third-order valence-corrected chi connectivity index (χ3v) is 5.94. The van der Waals surface area contributed by atoms with Crippen LogP contribution >= 0.6 is 0 Å². The van der Waals surface area contributed by atoms with E-state index in [2.05, 4.69) is 35.4 Å². The molecule has 1 fully saturated rings. The molecule has 4 aromatic rings. The van der Waals surface area contributed by atoms with Crippen molar-refractivity contribution in [2.45, 2.75) is 51.1 Å². The lowest BCUT2D eigenvalue weighted by molar-refractivity contribution is -0.275. The lowest BCUT2D eigenvalue weighted by Gasteiger charge is -2.29. The van der Waals surface area contributed by atoms with Gasteiger partial charge in [0.25, 0.3) is 5.88 Å². The third kappa shape index (κ3) is 5.10. The highest BCUT2D eigenvalue weighted by Crippen LogP contribution is 2.35. The molecule has 1 aliphatic rings. The van der Waals surface area contributed by atoms with Gasteiger partial charge in [0, 0.05) is 43.2 Å². The molecule has 1 aliphatic carbocycles. The van der Waals surface area contributed by atoms with E-state index in [9.17, 15) is 18.0 Å². The number of rotatable bonds is 5. The molecule has 0 aliphatic heterocycles. The summed E-state index contributed by atoms with van der Waals surface area (Å²) in [5.41, 5.74) is 2.47. The van der Waals surface area contributed by atoms with Crippen LogP contribution in [0.2, 0.25) is 0 Å². The molecule has 2 N–H and O–H groups in total. The summed E-state index contributed by atoms with van der Waals surface area (Å²) in [5.74, 6) is -0.640. The summed E-state index contributed by atoms with van der Waals surface area (Å²) in [6, 6.07) is 6.97. The standard InChI is InChI=1S/C23H22F3N7O2/c1-13(34)29-15-3-5-16(6-4-15)30-22-31-21(35-23(24,25)26)20-17(8-11-33(20)32-22)14-2-7-18-19(12-14)28-10-9-27-18/h2,7-12,15-16H,3-6H2,1H3,(H,29,34)(H,30,32)/t15-,16+. The number of nitrogens with one attached hydrogen (secondary N) is 2. The average Bonchev–Trinajstić information content (AvgIpc) is 3.23. The minimum atomic E-state index is -4.93. The van der Waals surface area contributed by atoms with Crippen LogP contribution < -0.4 is 15.4 Å². The molecule has 3 aromatic heterocycles. The number of alkyl halides is 3. The van der Waals surface area contributed by atoms with E-state index in [-0.39, 0.29) is 29.5 Å². The van der Waals surface area contributed by atoms with Crippen molar-refractivity contribution in [3.63, 3.8) is 0 Å². The van der Waals surface area contributed by atoms with Crippen molar-refractivity contribution in [3.8, 4) is 17.0 Å². The normalized spacial score (nSPS) is 18.5.